The van der Waals surface area contributed by atoms with Gasteiger partial charge in [-0.15, -0.1) is 11.6 Å². The summed E-state index contributed by atoms with van der Waals surface area (Å²) in [6.07, 6.45) is 7.35. The van der Waals surface area contributed by atoms with E-state index in [9.17, 15) is 4.79 Å². The van der Waals surface area contributed by atoms with E-state index in [2.05, 4.69) is 11.0 Å². The van der Waals surface area contributed by atoms with Gasteiger partial charge in [0.15, 0.2) is 11.5 Å². The first kappa shape index (κ1) is 17.7. The first-order valence-corrected chi connectivity index (χ1v) is 10.5. The SMILES string of the molecule is COc1cc2c(cc1OC)CN(C(=O)C13C[C@@H]4C[C@@H](CC(Cl)(C4)C1)C3)CC2. The molecule has 1 aliphatic heterocycles. The Balaban J connectivity index is 1.41. The molecule has 0 N–H and O–H groups in total. The maximum Gasteiger partial charge on any atom is 0.229 e. The predicted octanol–water partition coefficient (Wildman–Crippen LogP) is 4.17. The third-order valence-electron chi connectivity index (χ3n) is 7.45. The molecule has 2 unspecified atom stereocenters. The van der Waals surface area contributed by atoms with Gasteiger partial charge in [0, 0.05) is 18.0 Å². The highest BCUT2D eigenvalue weighted by Gasteiger charge is 2.60. The van der Waals surface area contributed by atoms with E-state index in [1.54, 1.807) is 14.2 Å². The van der Waals surface area contributed by atoms with Crippen molar-refractivity contribution in [1.82, 2.24) is 4.90 Å². The second kappa shape index (κ2) is 6.04. The fraction of sp³-hybridized carbons (Fsp3) is 0.682. The Morgan fingerprint density at radius 3 is 2.30 bits per heavy atom. The molecule has 5 heteroatoms. The van der Waals surface area contributed by atoms with Gasteiger partial charge in [-0.1, -0.05) is 0 Å². The van der Waals surface area contributed by atoms with Gasteiger partial charge in [-0.05, 0) is 80.0 Å². The van der Waals surface area contributed by atoms with Gasteiger partial charge in [0.05, 0.1) is 19.6 Å². The smallest absolute Gasteiger partial charge is 0.229 e. The maximum absolute atomic E-state index is 13.7. The van der Waals surface area contributed by atoms with E-state index >= 15 is 0 Å². The van der Waals surface area contributed by atoms with Gasteiger partial charge < -0.3 is 14.4 Å². The third-order valence-corrected chi connectivity index (χ3v) is 7.89. The van der Waals surface area contributed by atoms with Crippen LogP contribution in [0.1, 0.15) is 49.7 Å². The largest absolute Gasteiger partial charge is 0.493 e. The van der Waals surface area contributed by atoms with Crippen LogP contribution in [0.2, 0.25) is 0 Å². The molecule has 1 aromatic carbocycles. The van der Waals surface area contributed by atoms with Crippen molar-refractivity contribution in [1.29, 1.82) is 0 Å². The number of nitrogens with zero attached hydrogens (tertiary/aromatic N) is 1. The Morgan fingerprint density at radius 1 is 1.07 bits per heavy atom. The second-order valence-corrected chi connectivity index (χ2v) is 10.1. The minimum atomic E-state index is -0.208. The lowest BCUT2D eigenvalue weighted by molar-refractivity contribution is -0.157. The van der Waals surface area contributed by atoms with Gasteiger partial charge in [-0.3, -0.25) is 4.79 Å². The van der Waals surface area contributed by atoms with Crippen LogP contribution in [0.15, 0.2) is 12.1 Å². The minimum Gasteiger partial charge on any atom is -0.493 e. The molecule has 0 saturated heterocycles. The zero-order valence-electron chi connectivity index (χ0n) is 16.2. The number of carbonyl (C=O) groups excluding carboxylic acids is 1. The van der Waals surface area contributed by atoms with E-state index in [4.69, 9.17) is 21.1 Å². The number of benzene rings is 1. The zero-order chi connectivity index (χ0) is 18.8. The summed E-state index contributed by atoms with van der Waals surface area (Å²) in [5.74, 6) is 3.14. The number of rotatable bonds is 3. The lowest BCUT2D eigenvalue weighted by Crippen LogP contribution is -2.59. The first-order valence-electron chi connectivity index (χ1n) is 10.2. The molecule has 27 heavy (non-hydrogen) atoms. The van der Waals surface area contributed by atoms with Crippen molar-refractivity contribution in [2.75, 3.05) is 20.8 Å². The summed E-state index contributed by atoms with van der Waals surface area (Å²) in [6.45, 7) is 1.45. The number of carbonyl (C=O) groups is 1. The minimum absolute atomic E-state index is 0.121. The van der Waals surface area contributed by atoms with Crippen LogP contribution >= 0.6 is 11.6 Å². The number of amides is 1. The number of ether oxygens (including phenoxy) is 2. The average Bonchev–Trinajstić information content (AvgIpc) is 2.63. The third kappa shape index (κ3) is 2.74. The standard InChI is InChI=1S/C22H28ClNO3/c1-26-18-6-16-3-4-24(12-17(16)7-19(18)27-2)20(25)21-8-14-5-15(9-21)11-22(23,10-14)13-21/h6-7,14-15H,3-5,8-13H2,1-2H3/t14-,15+,21?,22?. The Labute approximate surface area is 166 Å². The molecule has 146 valence electrons. The molecule has 4 saturated carbocycles. The van der Waals surface area contributed by atoms with Crippen LogP contribution in [0.5, 0.6) is 11.5 Å². The molecule has 1 heterocycles. The number of methoxy groups -OCH3 is 2. The summed E-state index contributed by atoms with van der Waals surface area (Å²) >= 11 is 6.96. The Bertz CT molecular complexity index is 778. The normalized spacial score (nSPS) is 36.5. The summed E-state index contributed by atoms with van der Waals surface area (Å²) in [4.78, 5) is 15.7. The zero-order valence-corrected chi connectivity index (χ0v) is 17.0. The molecular formula is C22H28ClNO3. The van der Waals surface area contributed by atoms with Crippen LogP contribution in [0, 0.1) is 17.3 Å². The predicted molar refractivity (Wildman–Crippen MR) is 104 cm³/mol. The fourth-order valence-corrected chi connectivity index (χ4v) is 7.49. The molecular weight excluding hydrogens is 362 g/mol. The van der Waals surface area contributed by atoms with Gasteiger partial charge in [0.25, 0.3) is 0 Å². The van der Waals surface area contributed by atoms with Gasteiger partial charge in [-0.2, -0.15) is 0 Å². The molecule has 1 amide bonds. The molecule has 4 atom stereocenters. The van der Waals surface area contributed by atoms with Crippen molar-refractivity contribution in [2.45, 2.75) is 56.4 Å². The summed E-state index contributed by atoms with van der Waals surface area (Å²) in [5.41, 5.74) is 2.23. The summed E-state index contributed by atoms with van der Waals surface area (Å²) in [7, 11) is 3.32. The molecule has 4 fully saturated rings. The molecule has 1 aromatic rings. The van der Waals surface area contributed by atoms with Crippen molar-refractivity contribution < 1.29 is 14.3 Å². The topological polar surface area (TPSA) is 38.8 Å². The molecule has 0 spiro atoms. The van der Waals surface area contributed by atoms with Crippen molar-refractivity contribution in [3.8, 4) is 11.5 Å². The molecule has 4 aliphatic carbocycles. The quantitative estimate of drug-likeness (QED) is 0.728. The highest BCUT2D eigenvalue weighted by molar-refractivity contribution is 6.24. The van der Waals surface area contributed by atoms with Gasteiger partial charge >= 0.3 is 0 Å². The van der Waals surface area contributed by atoms with Gasteiger partial charge in [0.1, 0.15) is 0 Å². The summed E-state index contributed by atoms with van der Waals surface area (Å²) in [6, 6.07) is 4.10. The van der Waals surface area contributed by atoms with Crippen LogP contribution in [0.4, 0.5) is 0 Å². The number of hydrogen-bond acceptors (Lipinski definition) is 3. The van der Waals surface area contributed by atoms with Gasteiger partial charge in [0.2, 0.25) is 5.91 Å². The monoisotopic (exact) mass is 389 g/mol. The number of halogens is 1. The van der Waals surface area contributed by atoms with Crippen LogP contribution in [-0.4, -0.2) is 36.4 Å². The average molecular weight is 390 g/mol. The fourth-order valence-electron chi connectivity index (χ4n) is 6.79. The van der Waals surface area contributed by atoms with E-state index in [0.717, 1.165) is 56.6 Å². The van der Waals surface area contributed by atoms with Crippen molar-refractivity contribution >= 4 is 17.5 Å². The lowest BCUT2D eigenvalue weighted by Gasteiger charge is -2.60. The molecule has 4 nitrogen and oxygen atoms in total. The Morgan fingerprint density at radius 2 is 1.70 bits per heavy atom. The van der Waals surface area contributed by atoms with E-state index in [0.29, 0.717) is 24.3 Å². The Kier molecular flexibility index (Phi) is 3.95. The van der Waals surface area contributed by atoms with Crippen LogP contribution in [0.25, 0.3) is 0 Å². The lowest BCUT2D eigenvalue weighted by atomic mass is 9.49. The molecule has 4 bridgehead atoms. The number of hydrogen-bond donors (Lipinski definition) is 0. The summed E-state index contributed by atoms with van der Waals surface area (Å²) < 4.78 is 10.9. The van der Waals surface area contributed by atoms with E-state index in [-0.39, 0.29) is 10.3 Å². The van der Waals surface area contributed by atoms with Gasteiger partial charge in [-0.25, -0.2) is 0 Å². The molecule has 0 aromatic heterocycles. The van der Waals surface area contributed by atoms with E-state index in [1.807, 2.05) is 6.07 Å². The number of fused-ring (bicyclic) bond motifs is 1. The van der Waals surface area contributed by atoms with E-state index < -0.39 is 0 Å². The number of alkyl halides is 1. The van der Waals surface area contributed by atoms with Crippen molar-refractivity contribution in [2.24, 2.45) is 17.3 Å². The van der Waals surface area contributed by atoms with Crippen LogP contribution < -0.4 is 9.47 Å². The second-order valence-electron chi connectivity index (χ2n) is 9.34. The highest BCUT2D eigenvalue weighted by atomic mass is 35.5. The van der Waals surface area contributed by atoms with Crippen molar-refractivity contribution in [3.63, 3.8) is 0 Å². The molecule has 5 aliphatic rings. The molecule has 6 rings (SSSR count). The maximum atomic E-state index is 13.7. The van der Waals surface area contributed by atoms with E-state index in [1.165, 1.54) is 17.5 Å². The van der Waals surface area contributed by atoms with Crippen LogP contribution in [-0.2, 0) is 17.8 Å². The Hall–Kier alpha value is -1.42. The van der Waals surface area contributed by atoms with Crippen LogP contribution in [0.3, 0.4) is 0 Å². The first-order chi connectivity index (χ1) is 12.9. The highest BCUT2D eigenvalue weighted by Crippen LogP contribution is 2.64. The molecule has 0 radical (unpaired) electrons. The summed E-state index contributed by atoms with van der Waals surface area (Å²) in [5, 5.41) is 0. The van der Waals surface area contributed by atoms with Crippen molar-refractivity contribution in [3.05, 3.63) is 23.3 Å².